The lowest BCUT2D eigenvalue weighted by atomic mass is 9.75. The van der Waals surface area contributed by atoms with Gasteiger partial charge in [-0.1, -0.05) is 0 Å². The predicted octanol–water partition coefficient (Wildman–Crippen LogP) is 1.47. The first-order valence-electron chi connectivity index (χ1n) is 8.04. The standard InChI is InChI=1S/C17H21F2NO4/c1-16(23)6-9-24-17(15(16)22)4-7-20(8-5-17)14(21)12-10-11(18)2-3-13(12)19/h2-3,10,15,22-23H,4-9H2,1H3/t15-,16+/m0/s1. The van der Waals surface area contributed by atoms with Crippen LogP contribution in [0, 0.1) is 11.6 Å². The number of halogens is 2. The number of aliphatic hydroxyl groups excluding tert-OH is 1. The van der Waals surface area contributed by atoms with Crippen molar-refractivity contribution >= 4 is 5.91 Å². The highest BCUT2D eigenvalue weighted by atomic mass is 19.1. The molecule has 24 heavy (non-hydrogen) atoms. The molecule has 0 aliphatic carbocycles. The van der Waals surface area contributed by atoms with Gasteiger partial charge in [0, 0.05) is 19.5 Å². The topological polar surface area (TPSA) is 70.0 Å². The second kappa shape index (κ2) is 6.06. The number of carbonyl (C=O) groups excluding carboxylic acids is 1. The molecule has 1 aromatic carbocycles. The summed E-state index contributed by atoms with van der Waals surface area (Å²) < 4.78 is 32.8. The van der Waals surface area contributed by atoms with E-state index in [2.05, 4.69) is 0 Å². The minimum absolute atomic E-state index is 0.238. The highest BCUT2D eigenvalue weighted by molar-refractivity contribution is 5.94. The zero-order valence-electron chi connectivity index (χ0n) is 13.5. The minimum Gasteiger partial charge on any atom is -0.387 e. The highest BCUT2D eigenvalue weighted by Gasteiger charge is 2.53. The van der Waals surface area contributed by atoms with Crippen molar-refractivity contribution in [3.8, 4) is 0 Å². The molecular weight excluding hydrogens is 320 g/mol. The fourth-order valence-corrected chi connectivity index (χ4v) is 3.58. The van der Waals surface area contributed by atoms with Crippen molar-refractivity contribution in [2.24, 2.45) is 0 Å². The third-order valence-electron chi connectivity index (χ3n) is 5.14. The minimum atomic E-state index is -1.24. The molecule has 0 saturated carbocycles. The van der Waals surface area contributed by atoms with E-state index in [-0.39, 0.29) is 18.7 Å². The van der Waals surface area contributed by atoms with Gasteiger partial charge in [-0.25, -0.2) is 8.78 Å². The predicted molar refractivity (Wildman–Crippen MR) is 81.4 cm³/mol. The number of benzene rings is 1. The Morgan fingerprint density at radius 2 is 1.96 bits per heavy atom. The third-order valence-corrected chi connectivity index (χ3v) is 5.14. The van der Waals surface area contributed by atoms with Crippen molar-refractivity contribution in [2.45, 2.75) is 43.5 Å². The second-order valence-corrected chi connectivity index (χ2v) is 6.84. The zero-order valence-corrected chi connectivity index (χ0v) is 13.5. The number of piperidine rings is 1. The summed E-state index contributed by atoms with van der Waals surface area (Å²) in [4.78, 5) is 13.8. The Morgan fingerprint density at radius 1 is 1.29 bits per heavy atom. The Hall–Kier alpha value is -1.57. The van der Waals surface area contributed by atoms with E-state index in [0.29, 0.717) is 25.9 Å². The van der Waals surface area contributed by atoms with E-state index in [1.54, 1.807) is 6.92 Å². The molecule has 2 N–H and O–H groups in total. The molecule has 5 nitrogen and oxygen atoms in total. The molecule has 2 saturated heterocycles. The van der Waals surface area contributed by atoms with E-state index in [4.69, 9.17) is 4.74 Å². The number of rotatable bonds is 1. The molecule has 2 heterocycles. The quantitative estimate of drug-likeness (QED) is 0.812. The molecule has 0 bridgehead atoms. The van der Waals surface area contributed by atoms with Crippen LogP contribution in [0.5, 0.6) is 0 Å². The lowest BCUT2D eigenvalue weighted by Crippen LogP contribution is -2.64. The number of hydrogen-bond donors (Lipinski definition) is 2. The third kappa shape index (κ3) is 2.92. The molecule has 1 aromatic rings. The maximum atomic E-state index is 13.8. The summed E-state index contributed by atoms with van der Waals surface area (Å²) in [5.74, 6) is -2.02. The Balaban J connectivity index is 1.73. The van der Waals surface area contributed by atoms with E-state index in [1.165, 1.54) is 4.90 Å². The van der Waals surface area contributed by atoms with Crippen molar-refractivity contribution in [2.75, 3.05) is 19.7 Å². The average Bonchev–Trinajstić information content (AvgIpc) is 2.55. The van der Waals surface area contributed by atoms with Crippen LogP contribution in [-0.2, 0) is 4.74 Å². The van der Waals surface area contributed by atoms with Gasteiger partial charge in [0.05, 0.1) is 17.8 Å². The van der Waals surface area contributed by atoms with E-state index < -0.39 is 34.8 Å². The van der Waals surface area contributed by atoms with Crippen LogP contribution < -0.4 is 0 Å². The molecule has 7 heteroatoms. The first kappa shape index (κ1) is 17.3. The van der Waals surface area contributed by atoms with E-state index >= 15 is 0 Å². The van der Waals surface area contributed by atoms with Gasteiger partial charge in [0.2, 0.25) is 0 Å². The van der Waals surface area contributed by atoms with Crippen LogP contribution in [0.3, 0.4) is 0 Å². The molecule has 2 fully saturated rings. The van der Waals surface area contributed by atoms with Crippen LogP contribution >= 0.6 is 0 Å². The number of aliphatic hydroxyl groups is 2. The Kier molecular flexibility index (Phi) is 4.36. The molecule has 0 unspecified atom stereocenters. The highest BCUT2D eigenvalue weighted by Crippen LogP contribution is 2.40. The number of nitrogens with zero attached hydrogens (tertiary/aromatic N) is 1. The van der Waals surface area contributed by atoms with Gasteiger partial charge in [-0.05, 0) is 38.0 Å². The summed E-state index contributed by atoms with van der Waals surface area (Å²) in [5.41, 5.74) is -2.44. The molecule has 0 radical (unpaired) electrons. The van der Waals surface area contributed by atoms with Gasteiger partial charge in [0.15, 0.2) is 0 Å². The molecule has 132 valence electrons. The maximum Gasteiger partial charge on any atom is 0.256 e. The van der Waals surface area contributed by atoms with E-state index in [0.717, 1.165) is 18.2 Å². The Labute approximate surface area is 138 Å². The SMILES string of the molecule is C[C@@]1(O)CCOC2(CCN(C(=O)c3cc(F)ccc3F)CC2)[C@H]1O. The van der Waals surface area contributed by atoms with Gasteiger partial charge < -0.3 is 19.8 Å². The molecule has 1 spiro atoms. The molecule has 0 aromatic heterocycles. The zero-order chi connectivity index (χ0) is 17.5. The molecule has 2 atom stereocenters. The summed E-state index contributed by atoms with van der Waals surface area (Å²) in [6.07, 6.45) is -0.0607. The Morgan fingerprint density at radius 3 is 2.62 bits per heavy atom. The van der Waals surface area contributed by atoms with Crippen LogP contribution in [-0.4, -0.2) is 58.0 Å². The van der Waals surface area contributed by atoms with Crippen molar-refractivity contribution in [3.63, 3.8) is 0 Å². The number of hydrogen-bond acceptors (Lipinski definition) is 4. The van der Waals surface area contributed by atoms with Crippen LogP contribution in [0.4, 0.5) is 8.78 Å². The van der Waals surface area contributed by atoms with Crippen molar-refractivity contribution in [3.05, 3.63) is 35.4 Å². The summed E-state index contributed by atoms with van der Waals surface area (Å²) in [6.45, 7) is 2.38. The van der Waals surface area contributed by atoms with Gasteiger partial charge in [0.1, 0.15) is 23.3 Å². The van der Waals surface area contributed by atoms with Gasteiger partial charge >= 0.3 is 0 Å². The van der Waals surface area contributed by atoms with Crippen molar-refractivity contribution < 1.29 is 28.5 Å². The lowest BCUT2D eigenvalue weighted by Gasteiger charge is -2.51. The monoisotopic (exact) mass is 341 g/mol. The van der Waals surface area contributed by atoms with Gasteiger partial charge in [-0.2, -0.15) is 0 Å². The smallest absolute Gasteiger partial charge is 0.256 e. The number of carbonyl (C=O) groups is 1. The molecule has 1 amide bonds. The number of likely N-dealkylation sites (tertiary alicyclic amines) is 1. The summed E-state index contributed by atoms with van der Waals surface area (Å²) >= 11 is 0. The number of amides is 1. The van der Waals surface area contributed by atoms with Crippen molar-refractivity contribution in [1.29, 1.82) is 0 Å². The average molecular weight is 341 g/mol. The molecule has 2 aliphatic rings. The second-order valence-electron chi connectivity index (χ2n) is 6.84. The summed E-state index contributed by atoms with van der Waals surface area (Å²) in [6, 6.07) is 2.78. The van der Waals surface area contributed by atoms with Crippen LogP contribution in [0.25, 0.3) is 0 Å². The largest absolute Gasteiger partial charge is 0.387 e. The first-order valence-corrected chi connectivity index (χ1v) is 8.04. The fourth-order valence-electron chi connectivity index (χ4n) is 3.58. The first-order chi connectivity index (χ1) is 11.3. The van der Waals surface area contributed by atoms with Gasteiger partial charge in [-0.15, -0.1) is 0 Å². The molecular formula is C17H21F2NO4. The van der Waals surface area contributed by atoms with Crippen LogP contribution in [0.15, 0.2) is 18.2 Å². The van der Waals surface area contributed by atoms with Crippen molar-refractivity contribution in [1.82, 2.24) is 4.90 Å². The Bertz CT molecular complexity index is 641. The molecule has 3 rings (SSSR count). The van der Waals surface area contributed by atoms with Gasteiger partial charge in [-0.3, -0.25) is 4.79 Å². The number of ether oxygens (including phenoxy) is 1. The van der Waals surface area contributed by atoms with Crippen LogP contribution in [0.2, 0.25) is 0 Å². The fraction of sp³-hybridized carbons (Fsp3) is 0.588. The summed E-state index contributed by atoms with van der Waals surface area (Å²) in [7, 11) is 0. The summed E-state index contributed by atoms with van der Waals surface area (Å²) in [5, 5.41) is 20.7. The molecule has 2 aliphatic heterocycles. The maximum absolute atomic E-state index is 13.8. The van der Waals surface area contributed by atoms with Crippen LogP contribution in [0.1, 0.15) is 36.5 Å². The lowest BCUT2D eigenvalue weighted by molar-refractivity contribution is -0.244. The van der Waals surface area contributed by atoms with Gasteiger partial charge in [0.25, 0.3) is 5.91 Å². The normalized spacial score (nSPS) is 29.7. The van der Waals surface area contributed by atoms with E-state index in [1.807, 2.05) is 0 Å². The van der Waals surface area contributed by atoms with E-state index in [9.17, 15) is 23.8 Å².